The maximum Gasteiger partial charge on any atom is 0.257 e. The Labute approximate surface area is 477 Å². The number of aromatic nitrogens is 3. The van der Waals surface area contributed by atoms with Gasteiger partial charge in [-0.1, -0.05) is 49.7 Å². The molecule has 0 aliphatic carbocycles. The molecule has 4 aliphatic heterocycles. The highest BCUT2D eigenvalue weighted by Crippen LogP contribution is 2.39. The molecule has 4 saturated heterocycles. The molecule has 15 nitrogen and oxygen atoms in total. The van der Waals surface area contributed by atoms with E-state index in [1.165, 1.54) is 31.9 Å². The minimum Gasteiger partial charge on any atom is -0.356 e. The number of hydrogen-bond donors (Lipinski definition) is 3. The zero-order chi connectivity index (χ0) is 56.3. The third-order valence-electron chi connectivity index (χ3n) is 15.1. The SMILES string of the molecule is C1CNC1.CCc1cc(C)c(C(=O)N2CCC(F)(c3ccc(C#N)cc3)CC2)cc1NC(=O)c1ccc(Cl)nc1.CCc1cc(C)c(C(=O)N2CCC(F)(c3ccc(C#N)cn3)CC2)cc1NC(=O)c1ccc(N2CCC2)nc1.Cl. The zero-order valence-corrected chi connectivity index (χ0v) is 47.0. The minimum atomic E-state index is -1.65. The van der Waals surface area contributed by atoms with Crippen LogP contribution >= 0.6 is 24.0 Å². The van der Waals surface area contributed by atoms with Gasteiger partial charge in [0.1, 0.15) is 22.7 Å². The number of alkyl halides is 2. The molecule has 80 heavy (non-hydrogen) atoms. The van der Waals surface area contributed by atoms with Crippen molar-refractivity contribution < 1.29 is 28.0 Å². The molecule has 7 heterocycles. The van der Waals surface area contributed by atoms with Crippen molar-refractivity contribution in [3.63, 3.8) is 0 Å². The first kappa shape index (κ1) is 59.8. The lowest BCUT2D eigenvalue weighted by molar-refractivity contribution is 0.0398. The number of halogens is 4. The molecular formula is C61H65Cl2F2N11O4. The predicted molar refractivity (Wildman–Crippen MR) is 308 cm³/mol. The van der Waals surface area contributed by atoms with Crippen molar-refractivity contribution in [3.05, 3.63) is 176 Å². The van der Waals surface area contributed by atoms with E-state index >= 15 is 8.78 Å². The van der Waals surface area contributed by atoms with E-state index in [0.717, 1.165) is 47.6 Å². The summed E-state index contributed by atoms with van der Waals surface area (Å²) in [7, 11) is 0. The summed E-state index contributed by atoms with van der Waals surface area (Å²) in [6.07, 6.45) is 8.82. The van der Waals surface area contributed by atoms with Crippen LogP contribution in [0.2, 0.25) is 5.15 Å². The number of nitrogens with zero attached hydrogens (tertiary/aromatic N) is 8. The fourth-order valence-electron chi connectivity index (χ4n) is 9.73. The highest BCUT2D eigenvalue weighted by Gasteiger charge is 2.40. The zero-order valence-electron chi connectivity index (χ0n) is 45.4. The number of piperidine rings is 2. The van der Waals surface area contributed by atoms with Crippen molar-refractivity contribution in [2.24, 2.45) is 0 Å². The molecule has 0 atom stereocenters. The van der Waals surface area contributed by atoms with E-state index in [1.54, 1.807) is 82.7 Å². The van der Waals surface area contributed by atoms with Gasteiger partial charge in [0, 0.05) is 106 Å². The molecule has 0 spiro atoms. The monoisotopic (exact) mass is 1120 g/mol. The molecular weight excluding hydrogens is 1060 g/mol. The van der Waals surface area contributed by atoms with Gasteiger partial charge in [0.05, 0.1) is 34.0 Å². The molecule has 6 aromatic rings. The topological polar surface area (TPSA) is 200 Å². The van der Waals surface area contributed by atoms with Gasteiger partial charge in [0.2, 0.25) is 0 Å². The fraction of sp³-hybridized carbons (Fsp3) is 0.361. The summed E-state index contributed by atoms with van der Waals surface area (Å²) in [5, 5.41) is 27.2. The minimum absolute atomic E-state index is 0. The van der Waals surface area contributed by atoms with Gasteiger partial charge in [-0.2, -0.15) is 10.5 Å². The second-order valence-electron chi connectivity index (χ2n) is 20.2. The maximum atomic E-state index is 15.7. The molecule has 3 aromatic carbocycles. The number of nitriles is 2. The van der Waals surface area contributed by atoms with E-state index in [9.17, 15) is 19.2 Å². The largest absolute Gasteiger partial charge is 0.356 e. The molecule has 0 saturated carbocycles. The molecule has 3 N–H and O–H groups in total. The van der Waals surface area contributed by atoms with Gasteiger partial charge in [-0.3, -0.25) is 24.2 Å². The number of amides is 4. The molecule has 0 bridgehead atoms. The van der Waals surface area contributed by atoms with Crippen molar-refractivity contribution in [1.82, 2.24) is 30.1 Å². The predicted octanol–water partition coefficient (Wildman–Crippen LogP) is 11.0. The van der Waals surface area contributed by atoms with Crippen LogP contribution in [-0.4, -0.2) is 101 Å². The second-order valence-corrected chi connectivity index (χ2v) is 20.6. The van der Waals surface area contributed by atoms with Crippen LogP contribution in [0.25, 0.3) is 0 Å². The summed E-state index contributed by atoms with van der Waals surface area (Å²) in [5.74, 6) is -0.158. The van der Waals surface area contributed by atoms with Crippen LogP contribution in [0.4, 0.5) is 26.0 Å². The summed E-state index contributed by atoms with van der Waals surface area (Å²) in [5.41, 5.74) is 4.82. The molecule has 3 aromatic heterocycles. The molecule has 0 unspecified atom stereocenters. The fourth-order valence-corrected chi connectivity index (χ4v) is 9.84. The number of benzene rings is 3. The van der Waals surface area contributed by atoms with E-state index in [-0.39, 0.29) is 93.6 Å². The Morgan fingerprint density at radius 3 is 1.49 bits per heavy atom. The first-order chi connectivity index (χ1) is 38.0. The molecule has 4 fully saturated rings. The number of anilines is 3. The number of rotatable bonds is 11. The van der Waals surface area contributed by atoms with Crippen LogP contribution in [0, 0.1) is 36.5 Å². The van der Waals surface area contributed by atoms with Crippen molar-refractivity contribution in [3.8, 4) is 12.1 Å². The first-order valence-corrected chi connectivity index (χ1v) is 27.2. The number of carbonyl (C=O) groups is 4. The second kappa shape index (κ2) is 26.9. The smallest absolute Gasteiger partial charge is 0.257 e. The van der Waals surface area contributed by atoms with E-state index in [0.29, 0.717) is 68.3 Å². The van der Waals surface area contributed by atoms with Crippen LogP contribution in [0.1, 0.15) is 138 Å². The van der Waals surface area contributed by atoms with E-state index in [4.69, 9.17) is 22.1 Å². The van der Waals surface area contributed by atoms with Gasteiger partial charge in [0.25, 0.3) is 23.6 Å². The lowest BCUT2D eigenvalue weighted by Gasteiger charge is -2.37. The summed E-state index contributed by atoms with van der Waals surface area (Å²) >= 11 is 5.82. The quantitative estimate of drug-likeness (QED) is 0.104. The number of carbonyl (C=O) groups excluding carboxylic acids is 4. The lowest BCUT2D eigenvalue weighted by atomic mass is 9.85. The summed E-state index contributed by atoms with van der Waals surface area (Å²) in [6.45, 7) is 13.2. The van der Waals surface area contributed by atoms with Gasteiger partial charge in [-0.05, 0) is 141 Å². The Balaban J connectivity index is 0.000000214. The number of pyridine rings is 3. The highest BCUT2D eigenvalue weighted by atomic mass is 35.5. The molecule has 0 radical (unpaired) electrons. The van der Waals surface area contributed by atoms with Gasteiger partial charge in [-0.15, -0.1) is 12.4 Å². The Bertz CT molecular complexity index is 3250. The van der Waals surface area contributed by atoms with Crippen molar-refractivity contribution in [1.29, 1.82) is 10.5 Å². The van der Waals surface area contributed by atoms with Crippen LogP contribution < -0.4 is 20.9 Å². The maximum absolute atomic E-state index is 15.7. The molecule has 4 aliphatic rings. The number of hydrogen-bond acceptors (Lipinski definition) is 11. The van der Waals surface area contributed by atoms with Gasteiger partial charge in [0.15, 0.2) is 5.67 Å². The van der Waals surface area contributed by atoms with Crippen LogP contribution in [-0.2, 0) is 24.2 Å². The number of aryl methyl sites for hydroxylation is 4. The third-order valence-corrected chi connectivity index (χ3v) is 15.3. The van der Waals surface area contributed by atoms with E-state index in [1.807, 2.05) is 58.0 Å². The first-order valence-electron chi connectivity index (χ1n) is 26.8. The van der Waals surface area contributed by atoms with Crippen molar-refractivity contribution in [2.45, 2.75) is 90.4 Å². The van der Waals surface area contributed by atoms with Gasteiger partial charge >= 0.3 is 0 Å². The number of nitrogens with one attached hydrogen (secondary N) is 3. The van der Waals surface area contributed by atoms with Crippen LogP contribution in [0.15, 0.2) is 104 Å². The van der Waals surface area contributed by atoms with Crippen molar-refractivity contribution >= 4 is 64.8 Å². The Kier molecular flexibility index (Phi) is 20.1. The van der Waals surface area contributed by atoms with Gasteiger partial charge < -0.3 is 30.7 Å². The van der Waals surface area contributed by atoms with Crippen LogP contribution in [0.3, 0.4) is 0 Å². The van der Waals surface area contributed by atoms with Gasteiger partial charge in [-0.25, -0.2) is 18.7 Å². The molecule has 10 rings (SSSR count). The standard InChI is InChI=1S/C30H31FN6O2.C28H26ClFN4O2.C3H7N.ClH/c1-3-22-15-20(2)24(16-25(22)35-28(38)23-6-8-27(34-19-23)36-11-4-12-36)29(39)37-13-9-30(31,10-14-37)26-7-5-21(17-32)18-33-26;1-3-20-14-18(2)23(15-24(20)33-26(35)21-6-9-25(29)32-17-21)27(36)34-12-10-28(30,11-13-34)22-7-4-19(16-31)5-8-22;1-2-4-3-1;/h5-8,15-16,18-19H,3-4,9-14H2,1-2H3,(H,35,38);4-9,14-15,17H,3,10-13H2,1-2H3,(H,33,35);4H,1-3H2;1H. The third kappa shape index (κ3) is 14.1. The highest BCUT2D eigenvalue weighted by molar-refractivity contribution is 6.29. The van der Waals surface area contributed by atoms with Crippen LogP contribution in [0.5, 0.6) is 0 Å². The Morgan fingerprint density at radius 1 is 0.625 bits per heavy atom. The summed E-state index contributed by atoms with van der Waals surface area (Å²) in [6, 6.07) is 27.7. The Morgan fingerprint density at radius 2 is 1.10 bits per heavy atom. The van der Waals surface area contributed by atoms with E-state index in [2.05, 4.69) is 35.8 Å². The Hall–Kier alpha value is -7.83. The summed E-state index contributed by atoms with van der Waals surface area (Å²) in [4.78, 5) is 70.7. The average Bonchev–Trinajstić information content (AvgIpc) is 3.46. The van der Waals surface area contributed by atoms with Crippen molar-refractivity contribution in [2.75, 3.05) is 67.9 Å². The van der Waals surface area contributed by atoms with E-state index < -0.39 is 11.3 Å². The molecule has 416 valence electrons. The molecule has 4 amide bonds. The number of likely N-dealkylation sites (tertiary alicyclic amines) is 2. The molecule has 19 heteroatoms. The summed E-state index contributed by atoms with van der Waals surface area (Å²) < 4.78 is 31.4. The average molecular weight is 1130 g/mol. The lowest BCUT2D eigenvalue weighted by Crippen LogP contribution is -2.43. The normalized spacial score (nSPS) is 15.7.